The third-order valence-corrected chi connectivity index (χ3v) is 2.53. The first kappa shape index (κ1) is 8.96. The number of nitrogen functional groups attached to an aromatic ring is 1. The molecule has 0 radical (unpaired) electrons. The monoisotopic (exact) mass is 216 g/mol. The second-order valence-corrected chi connectivity index (χ2v) is 3.60. The van der Waals surface area contributed by atoms with Crippen LogP contribution >= 0.6 is 0 Å². The van der Waals surface area contributed by atoms with Crippen LogP contribution in [0.3, 0.4) is 0 Å². The summed E-state index contributed by atoms with van der Waals surface area (Å²) >= 11 is 0. The molecule has 0 aliphatic heterocycles. The minimum absolute atomic E-state index is 0.263. The third kappa shape index (κ3) is 1.25. The number of nitrogens with zero attached hydrogens (tertiary/aromatic N) is 1. The number of rotatable bonds is 1. The quantitative estimate of drug-likeness (QED) is 0.584. The summed E-state index contributed by atoms with van der Waals surface area (Å²) < 4.78 is 13.2. The van der Waals surface area contributed by atoms with Crippen LogP contribution in [0.1, 0.15) is 0 Å². The molecule has 0 aliphatic rings. The van der Waals surface area contributed by atoms with E-state index in [1.807, 2.05) is 0 Å². The molecule has 1 aromatic carbocycles. The van der Waals surface area contributed by atoms with Gasteiger partial charge in [-0.25, -0.2) is 4.39 Å². The van der Waals surface area contributed by atoms with Crippen LogP contribution in [0, 0.1) is 5.82 Å². The number of halogens is 1. The fourth-order valence-electron chi connectivity index (χ4n) is 1.79. The number of benzene rings is 1. The minimum Gasteiger partial charge on any atom is -0.382 e. The van der Waals surface area contributed by atoms with Crippen molar-refractivity contribution in [2.75, 3.05) is 5.73 Å². The highest BCUT2D eigenvalue weighted by molar-refractivity contribution is 5.94. The number of hydrogen-bond acceptors (Lipinski definition) is 2. The molecule has 0 saturated carbocycles. The van der Waals surface area contributed by atoms with E-state index in [1.165, 1.54) is 12.1 Å². The second kappa shape index (κ2) is 3.10. The normalized spacial score (nSPS) is 11.1. The summed E-state index contributed by atoms with van der Waals surface area (Å²) in [5.41, 5.74) is 8.04. The Morgan fingerprint density at radius 1 is 1.25 bits per heavy atom. The first-order chi connectivity index (χ1) is 7.74. The fraction of sp³-hybridized carbons (Fsp3) is 0. The number of anilines is 1. The molecule has 3 aromatic rings. The minimum atomic E-state index is -0.263. The third-order valence-electron chi connectivity index (χ3n) is 2.53. The molecular formula is C11H9FN4. The van der Waals surface area contributed by atoms with Gasteiger partial charge < -0.3 is 10.7 Å². The number of hydrogen-bond donors (Lipinski definition) is 3. The van der Waals surface area contributed by atoms with E-state index in [0.717, 1.165) is 22.2 Å². The lowest BCUT2D eigenvalue weighted by Crippen LogP contribution is -1.81. The van der Waals surface area contributed by atoms with Gasteiger partial charge in [0.25, 0.3) is 0 Å². The van der Waals surface area contributed by atoms with Gasteiger partial charge in [-0.2, -0.15) is 5.10 Å². The molecule has 5 heteroatoms. The number of fused-ring (bicyclic) bond motifs is 1. The van der Waals surface area contributed by atoms with Crippen LogP contribution in [-0.2, 0) is 0 Å². The van der Waals surface area contributed by atoms with E-state index in [0.29, 0.717) is 5.82 Å². The van der Waals surface area contributed by atoms with Crippen molar-refractivity contribution in [2.45, 2.75) is 0 Å². The van der Waals surface area contributed by atoms with Gasteiger partial charge in [0.2, 0.25) is 0 Å². The summed E-state index contributed by atoms with van der Waals surface area (Å²) in [6, 6.07) is 6.32. The molecule has 0 fully saturated rings. The predicted octanol–water partition coefficient (Wildman–Crippen LogP) is 2.28. The van der Waals surface area contributed by atoms with E-state index in [2.05, 4.69) is 15.2 Å². The lowest BCUT2D eigenvalue weighted by molar-refractivity contribution is 0.630. The maximum absolute atomic E-state index is 13.2. The van der Waals surface area contributed by atoms with Gasteiger partial charge in [0.05, 0.1) is 5.69 Å². The zero-order chi connectivity index (χ0) is 11.1. The van der Waals surface area contributed by atoms with Crippen molar-refractivity contribution in [3.8, 4) is 11.3 Å². The van der Waals surface area contributed by atoms with E-state index in [1.54, 1.807) is 18.3 Å². The number of nitrogens with one attached hydrogen (secondary N) is 2. The highest BCUT2D eigenvalue weighted by atomic mass is 19.1. The Morgan fingerprint density at radius 2 is 2.12 bits per heavy atom. The van der Waals surface area contributed by atoms with Crippen LogP contribution in [0.5, 0.6) is 0 Å². The Labute approximate surface area is 90.3 Å². The average Bonchev–Trinajstić information content (AvgIpc) is 2.83. The molecule has 2 heterocycles. The summed E-state index contributed by atoms with van der Waals surface area (Å²) in [7, 11) is 0. The van der Waals surface area contributed by atoms with Crippen LogP contribution in [0.25, 0.3) is 22.2 Å². The molecular weight excluding hydrogens is 207 g/mol. The molecule has 3 rings (SSSR count). The zero-order valence-corrected chi connectivity index (χ0v) is 8.29. The molecule has 0 bridgehead atoms. The van der Waals surface area contributed by atoms with E-state index in [-0.39, 0.29) is 5.82 Å². The maximum Gasteiger partial charge on any atom is 0.145 e. The predicted molar refractivity (Wildman–Crippen MR) is 60.3 cm³/mol. The van der Waals surface area contributed by atoms with Crippen LogP contribution in [0.4, 0.5) is 10.2 Å². The summed E-state index contributed by atoms with van der Waals surface area (Å²) in [6.07, 6.45) is 1.80. The Morgan fingerprint density at radius 3 is 2.88 bits per heavy atom. The molecule has 4 N–H and O–H groups in total. The van der Waals surface area contributed by atoms with Crippen molar-refractivity contribution in [3.05, 3.63) is 36.3 Å². The molecule has 2 aromatic heterocycles. The summed E-state index contributed by atoms with van der Waals surface area (Å²) in [5, 5.41) is 7.46. The molecule has 80 valence electrons. The Hall–Kier alpha value is -2.30. The van der Waals surface area contributed by atoms with Gasteiger partial charge >= 0.3 is 0 Å². The highest BCUT2D eigenvalue weighted by Gasteiger charge is 2.08. The van der Waals surface area contributed by atoms with Crippen LogP contribution < -0.4 is 5.73 Å². The largest absolute Gasteiger partial charge is 0.382 e. The van der Waals surface area contributed by atoms with Gasteiger partial charge in [-0.05, 0) is 18.2 Å². The van der Waals surface area contributed by atoms with Crippen molar-refractivity contribution in [3.63, 3.8) is 0 Å². The lowest BCUT2D eigenvalue weighted by atomic mass is 10.1. The Bertz CT molecular complexity index is 653. The molecule has 0 aliphatic carbocycles. The van der Waals surface area contributed by atoms with Crippen molar-refractivity contribution in [1.29, 1.82) is 0 Å². The number of aromatic nitrogens is 3. The van der Waals surface area contributed by atoms with Gasteiger partial charge in [0.1, 0.15) is 11.6 Å². The molecule has 0 atom stereocenters. The van der Waals surface area contributed by atoms with E-state index >= 15 is 0 Å². The van der Waals surface area contributed by atoms with Gasteiger partial charge in [0, 0.05) is 28.7 Å². The smallest absolute Gasteiger partial charge is 0.145 e. The number of H-pyrrole nitrogens is 2. The molecule has 0 saturated heterocycles. The van der Waals surface area contributed by atoms with Crippen LogP contribution in [0.15, 0.2) is 30.5 Å². The second-order valence-electron chi connectivity index (χ2n) is 3.60. The van der Waals surface area contributed by atoms with Crippen molar-refractivity contribution in [1.82, 2.24) is 15.2 Å². The molecule has 0 amide bonds. The van der Waals surface area contributed by atoms with Gasteiger partial charge in [-0.15, -0.1) is 0 Å². The molecule has 0 spiro atoms. The molecule has 0 unspecified atom stereocenters. The lowest BCUT2D eigenvalue weighted by Gasteiger charge is -1.94. The Kier molecular flexibility index (Phi) is 1.73. The first-order valence-corrected chi connectivity index (χ1v) is 4.82. The molecule has 4 nitrogen and oxygen atoms in total. The number of nitrogens with two attached hydrogens (primary N) is 1. The van der Waals surface area contributed by atoms with Crippen LogP contribution in [0.2, 0.25) is 0 Å². The van der Waals surface area contributed by atoms with E-state index in [4.69, 9.17) is 5.73 Å². The average molecular weight is 216 g/mol. The van der Waals surface area contributed by atoms with Gasteiger partial charge in [0.15, 0.2) is 0 Å². The van der Waals surface area contributed by atoms with Crippen molar-refractivity contribution >= 4 is 16.7 Å². The topological polar surface area (TPSA) is 70.5 Å². The van der Waals surface area contributed by atoms with Crippen LogP contribution in [-0.4, -0.2) is 15.2 Å². The molecule has 16 heavy (non-hydrogen) atoms. The first-order valence-electron chi connectivity index (χ1n) is 4.82. The summed E-state index contributed by atoms with van der Waals surface area (Å²) in [4.78, 5) is 3.07. The highest BCUT2D eigenvalue weighted by Crippen LogP contribution is 2.28. The Balaban J connectivity index is 2.27. The SMILES string of the molecule is Nc1cc(-c2c[nH]c3ccc(F)cc23)[nH]n1. The van der Waals surface area contributed by atoms with E-state index < -0.39 is 0 Å². The van der Waals surface area contributed by atoms with Crippen molar-refractivity contribution in [2.24, 2.45) is 0 Å². The number of aromatic amines is 2. The fourth-order valence-corrected chi connectivity index (χ4v) is 1.79. The zero-order valence-electron chi connectivity index (χ0n) is 8.29. The van der Waals surface area contributed by atoms with Gasteiger partial charge in [-0.1, -0.05) is 0 Å². The summed E-state index contributed by atoms with van der Waals surface area (Å²) in [6.45, 7) is 0. The summed E-state index contributed by atoms with van der Waals surface area (Å²) in [5.74, 6) is 0.154. The standard InChI is InChI=1S/C11H9FN4/c12-6-1-2-9-7(3-6)8(5-14-9)10-4-11(13)16-15-10/h1-5,14H,(H3,13,15,16). The van der Waals surface area contributed by atoms with Gasteiger partial charge in [-0.3, -0.25) is 5.10 Å². The maximum atomic E-state index is 13.2. The van der Waals surface area contributed by atoms with E-state index in [9.17, 15) is 4.39 Å². The van der Waals surface area contributed by atoms with Crippen molar-refractivity contribution < 1.29 is 4.39 Å².